The Bertz CT molecular complexity index is 474. The van der Waals surface area contributed by atoms with Crippen LogP contribution in [0.1, 0.15) is 10.5 Å². The summed E-state index contributed by atoms with van der Waals surface area (Å²) in [6.45, 7) is 0. The lowest BCUT2D eigenvalue weighted by atomic mass is 10.2. The topological polar surface area (TPSA) is 73.8 Å². The van der Waals surface area contributed by atoms with Crippen molar-refractivity contribution in [2.75, 3.05) is 0 Å². The Kier molecular flexibility index (Phi) is 1.51. The quantitative estimate of drug-likeness (QED) is 0.668. The number of fused-ring (bicyclic) bond motifs is 1. The fourth-order valence-electron chi connectivity index (χ4n) is 1.27. The molecular weight excluding hydrogens is 168 g/mol. The molecule has 2 heterocycles. The van der Waals surface area contributed by atoms with Gasteiger partial charge in [-0.15, -0.1) is 0 Å². The van der Waals surface area contributed by atoms with E-state index in [1.807, 2.05) is 0 Å². The van der Waals surface area contributed by atoms with Crippen LogP contribution in [0, 0.1) is 0 Å². The molecule has 0 spiro atoms. The second kappa shape index (κ2) is 2.55. The predicted molar refractivity (Wildman–Crippen MR) is 47.0 cm³/mol. The summed E-state index contributed by atoms with van der Waals surface area (Å²) in [5.74, 6) is -0.529. The molecule has 0 bridgehead atoms. The monoisotopic (exact) mass is 176 g/mol. The van der Waals surface area contributed by atoms with Crippen molar-refractivity contribution in [1.82, 2.24) is 14.8 Å². The molecular formula is C8H8N4O. The Balaban J connectivity index is 2.85. The summed E-state index contributed by atoms with van der Waals surface area (Å²) in [6, 6.07) is 3.52. The van der Waals surface area contributed by atoms with Crippen LogP contribution < -0.4 is 5.73 Å². The van der Waals surface area contributed by atoms with Gasteiger partial charge < -0.3 is 5.73 Å². The standard InChI is InChI=1S/C8H8N4O/c1-12-8-5(3-2-4-10-8)6(11-12)7(9)13/h2-4H,1H3,(H2,9,13). The molecule has 0 radical (unpaired) electrons. The van der Waals surface area contributed by atoms with Crippen molar-refractivity contribution in [3.63, 3.8) is 0 Å². The Morgan fingerprint density at radius 1 is 1.62 bits per heavy atom. The molecule has 2 aromatic rings. The van der Waals surface area contributed by atoms with E-state index in [2.05, 4.69) is 10.1 Å². The van der Waals surface area contributed by atoms with E-state index in [1.54, 1.807) is 25.4 Å². The van der Waals surface area contributed by atoms with Gasteiger partial charge in [0, 0.05) is 13.2 Å². The Morgan fingerprint density at radius 2 is 2.38 bits per heavy atom. The number of aryl methyl sites for hydroxylation is 1. The van der Waals surface area contributed by atoms with Crippen LogP contribution in [0.4, 0.5) is 0 Å². The molecule has 2 rings (SSSR count). The molecule has 0 aliphatic heterocycles. The molecule has 0 unspecified atom stereocenters. The highest BCUT2D eigenvalue weighted by Gasteiger charge is 2.12. The molecule has 0 aliphatic carbocycles. The fraction of sp³-hybridized carbons (Fsp3) is 0.125. The van der Waals surface area contributed by atoms with Crippen molar-refractivity contribution in [3.8, 4) is 0 Å². The number of hydrogen-bond acceptors (Lipinski definition) is 3. The van der Waals surface area contributed by atoms with Crippen LogP contribution in [0.5, 0.6) is 0 Å². The van der Waals surface area contributed by atoms with Crippen LogP contribution in [0.15, 0.2) is 18.3 Å². The first kappa shape index (κ1) is 7.72. The van der Waals surface area contributed by atoms with Gasteiger partial charge in [-0.25, -0.2) is 9.67 Å². The molecule has 0 saturated heterocycles. The number of amides is 1. The number of hydrogen-bond donors (Lipinski definition) is 1. The summed E-state index contributed by atoms with van der Waals surface area (Å²) >= 11 is 0. The minimum Gasteiger partial charge on any atom is -0.364 e. The van der Waals surface area contributed by atoms with Crippen molar-refractivity contribution in [1.29, 1.82) is 0 Å². The molecule has 2 N–H and O–H groups in total. The molecule has 0 fully saturated rings. The lowest BCUT2D eigenvalue weighted by molar-refractivity contribution is 0.0996. The second-order valence-corrected chi connectivity index (χ2v) is 2.71. The number of nitrogens with two attached hydrogens (primary N) is 1. The zero-order chi connectivity index (χ0) is 9.42. The molecule has 66 valence electrons. The highest BCUT2D eigenvalue weighted by molar-refractivity contribution is 6.03. The number of nitrogens with zero attached hydrogens (tertiary/aromatic N) is 3. The van der Waals surface area contributed by atoms with Crippen LogP contribution in [-0.2, 0) is 7.05 Å². The predicted octanol–water partition coefficient (Wildman–Crippen LogP) is 0.0672. The first-order valence-electron chi connectivity index (χ1n) is 3.77. The average molecular weight is 176 g/mol. The largest absolute Gasteiger partial charge is 0.364 e. The van der Waals surface area contributed by atoms with Gasteiger partial charge in [0.1, 0.15) is 0 Å². The first-order valence-corrected chi connectivity index (χ1v) is 3.77. The van der Waals surface area contributed by atoms with Gasteiger partial charge >= 0.3 is 0 Å². The van der Waals surface area contributed by atoms with Crippen LogP contribution in [0.25, 0.3) is 11.0 Å². The van der Waals surface area contributed by atoms with Gasteiger partial charge in [-0.1, -0.05) is 0 Å². The van der Waals surface area contributed by atoms with Crippen molar-refractivity contribution < 1.29 is 4.79 Å². The maximum absolute atomic E-state index is 10.9. The van der Waals surface area contributed by atoms with Crippen LogP contribution in [0.2, 0.25) is 0 Å². The summed E-state index contributed by atoms with van der Waals surface area (Å²) in [6.07, 6.45) is 1.65. The average Bonchev–Trinajstić information content (AvgIpc) is 2.45. The summed E-state index contributed by atoms with van der Waals surface area (Å²) in [4.78, 5) is 15.0. The number of carbonyl (C=O) groups excluding carboxylic acids is 1. The summed E-state index contributed by atoms with van der Waals surface area (Å²) < 4.78 is 1.54. The maximum atomic E-state index is 10.9. The van der Waals surface area contributed by atoms with Gasteiger partial charge in [0.2, 0.25) is 0 Å². The van der Waals surface area contributed by atoms with Crippen molar-refractivity contribution >= 4 is 16.9 Å². The van der Waals surface area contributed by atoms with E-state index in [4.69, 9.17) is 5.73 Å². The van der Waals surface area contributed by atoms with Crippen molar-refractivity contribution in [2.24, 2.45) is 12.8 Å². The lowest BCUT2D eigenvalue weighted by Crippen LogP contribution is -2.12. The number of pyridine rings is 1. The summed E-state index contributed by atoms with van der Waals surface area (Å²) in [5, 5.41) is 4.66. The zero-order valence-corrected chi connectivity index (χ0v) is 7.06. The molecule has 0 aromatic carbocycles. The van der Waals surface area contributed by atoms with E-state index < -0.39 is 5.91 Å². The Morgan fingerprint density at radius 3 is 3.08 bits per heavy atom. The number of carbonyl (C=O) groups is 1. The van der Waals surface area contributed by atoms with Crippen molar-refractivity contribution in [3.05, 3.63) is 24.0 Å². The highest BCUT2D eigenvalue weighted by atomic mass is 16.1. The Hall–Kier alpha value is -1.91. The fourth-order valence-corrected chi connectivity index (χ4v) is 1.27. The minimum atomic E-state index is -0.529. The van der Waals surface area contributed by atoms with E-state index in [-0.39, 0.29) is 5.69 Å². The van der Waals surface area contributed by atoms with E-state index in [0.717, 1.165) is 0 Å². The first-order chi connectivity index (χ1) is 6.20. The molecule has 2 aromatic heterocycles. The molecule has 13 heavy (non-hydrogen) atoms. The third-order valence-corrected chi connectivity index (χ3v) is 1.83. The lowest BCUT2D eigenvalue weighted by Gasteiger charge is -1.89. The number of aromatic nitrogens is 3. The Labute approximate surface area is 74.2 Å². The molecule has 0 aliphatic rings. The van der Waals surface area contributed by atoms with Gasteiger partial charge in [-0.05, 0) is 12.1 Å². The maximum Gasteiger partial charge on any atom is 0.269 e. The van der Waals surface area contributed by atoms with Gasteiger partial charge in [0.15, 0.2) is 11.3 Å². The normalized spacial score (nSPS) is 10.5. The van der Waals surface area contributed by atoms with Crippen molar-refractivity contribution in [2.45, 2.75) is 0 Å². The minimum absolute atomic E-state index is 0.269. The van der Waals surface area contributed by atoms with E-state index in [9.17, 15) is 4.79 Å². The van der Waals surface area contributed by atoms with Gasteiger partial charge in [-0.3, -0.25) is 4.79 Å². The SMILES string of the molecule is Cn1nc(C(N)=O)c2cccnc21. The number of rotatable bonds is 1. The molecule has 5 heteroatoms. The molecule has 0 saturated carbocycles. The van der Waals surface area contributed by atoms with Crippen LogP contribution in [-0.4, -0.2) is 20.7 Å². The molecule has 5 nitrogen and oxygen atoms in total. The second-order valence-electron chi connectivity index (χ2n) is 2.71. The third kappa shape index (κ3) is 1.05. The van der Waals surface area contributed by atoms with Gasteiger partial charge in [-0.2, -0.15) is 5.10 Å². The molecule has 0 atom stereocenters. The highest BCUT2D eigenvalue weighted by Crippen LogP contribution is 2.13. The smallest absolute Gasteiger partial charge is 0.269 e. The van der Waals surface area contributed by atoms with Gasteiger partial charge in [0.25, 0.3) is 5.91 Å². The van der Waals surface area contributed by atoms with Crippen LogP contribution in [0.3, 0.4) is 0 Å². The summed E-state index contributed by atoms with van der Waals surface area (Å²) in [7, 11) is 1.72. The van der Waals surface area contributed by atoms with E-state index >= 15 is 0 Å². The molecule has 1 amide bonds. The summed E-state index contributed by atoms with van der Waals surface area (Å²) in [5.41, 5.74) is 6.08. The van der Waals surface area contributed by atoms with Crippen LogP contribution >= 0.6 is 0 Å². The van der Waals surface area contributed by atoms with E-state index in [1.165, 1.54) is 4.68 Å². The third-order valence-electron chi connectivity index (χ3n) is 1.83. The van der Waals surface area contributed by atoms with Gasteiger partial charge in [0.05, 0.1) is 5.39 Å². The number of primary amides is 1. The van der Waals surface area contributed by atoms with E-state index in [0.29, 0.717) is 11.0 Å². The zero-order valence-electron chi connectivity index (χ0n) is 7.06.